The third-order valence-corrected chi connectivity index (χ3v) is 7.26. The molecule has 4 heterocycles. The summed E-state index contributed by atoms with van der Waals surface area (Å²) in [6.45, 7) is 8.73. The van der Waals surface area contributed by atoms with Crippen LogP contribution < -0.4 is 10.2 Å². The Balaban J connectivity index is 1.42. The fourth-order valence-corrected chi connectivity index (χ4v) is 5.26. The van der Waals surface area contributed by atoms with Crippen LogP contribution in [0.25, 0.3) is 17.2 Å². The van der Waals surface area contributed by atoms with Crippen molar-refractivity contribution in [2.24, 2.45) is 12.5 Å². The minimum Gasteiger partial charge on any atom is -0.348 e. The smallest absolute Gasteiger partial charge is 0.249 e. The second-order valence-electron chi connectivity index (χ2n) is 10.9. The number of aromatic nitrogens is 3. The van der Waals surface area contributed by atoms with Crippen molar-refractivity contribution in [3.8, 4) is 11.1 Å². The normalized spacial score (nSPS) is 16.0. The van der Waals surface area contributed by atoms with Crippen LogP contribution in [0.2, 0.25) is 5.02 Å². The number of anilines is 1. The number of nitrogens with zero attached hydrogens (tertiary/aromatic N) is 5. The number of hydrogen-bond donors (Lipinski definition) is 1. The van der Waals surface area contributed by atoms with Crippen molar-refractivity contribution in [3.05, 3.63) is 70.1 Å². The topological polar surface area (TPSA) is 83.4 Å². The second kappa shape index (κ2) is 10.3. The Morgan fingerprint density at radius 1 is 1.16 bits per heavy atom. The number of hydrogen-bond acceptors (Lipinski definition) is 5. The molecule has 2 aliphatic heterocycles. The number of benzene rings is 1. The summed E-state index contributed by atoms with van der Waals surface area (Å²) in [5.41, 5.74) is 5.45. The summed E-state index contributed by atoms with van der Waals surface area (Å²) in [6.07, 6.45) is 6.51. The summed E-state index contributed by atoms with van der Waals surface area (Å²) in [4.78, 5) is 34.9. The molecule has 5 rings (SSSR count). The molecular formula is C29H33ClN6O2. The van der Waals surface area contributed by atoms with Crippen LogP contribution in [-0.4, -0.2) is 57.7 Å². The third-order valence-electron chi connectivity index (χ3n) is 7.01. The summed E-state index contributed by atoms with van der Waals surface area (Å²) in [5, 5.41) is 8.22. The number of nitrogens with one attached hydrogen (secondary N) is 1. The molecule has 38 heavy (non-hydrogen) atoms. The van der Waals surface area contributed by atoms with Crippen molar-refractivity contribution in [2.45, 2.75) is 33.7 Å². The number of pyridine rings is 1. The Morgan fingerprint density at radius 3 is 2.58 bits per heavy atom. The van der Waals surface area contributed by atoms with E-state index in [0.29, 0.717) is 29.5 Å². The molecule has 2 amide bonds. The number of aryl methyl sites for hydroxylation is 2. The molecule has 0 radical (unpaired) electrons. The lowest BCUT2D eigenvalue weighted by Crippen LogP contribution is -2.58. The highest BCUT2D eigenvalue weighted by molar-refractivity contribution is 6.30. The van der Waals surface area contributed by atoms with E-state index in [1.54, 1.807) is 16.8 Å². The van der Waals surface area contributed by atoms with Gasteiger partial charge in [0.2, 0.25) is 11.8 Å². The summed E-state index contributed by atoms with van der Waals surface area (Å²) in [6, 6.07) is 9.43. The van der Waals surface area contributed by atoms with Crippen molar-refractivity contribution in [3.63, 3.8) is 0 Å². The first-order chi connectivity index (χ1) is 18.1. The number of carbonyl (C=O) groups excluding carboxylic acids is 2. The molecule has 0 unspecified atom stereocenters. The molecule has 198 valence electrons. The van der Waals surface area contributed by atoms with Gasteiger partial charge >= 0.3 is 0 Å². The molecule has 1 N–H and O–H groups in total. The second-order valence-corrected chi connectivity index (χ2v) is 11.3. The van der Waals surface area contributed by atoms with E-state index in [-0.39, 0.29) is 23.8 Å². The quantitative estimate of drug-likeness (QED) is 0.495. The number of fused-ring (bicyclic) bond motifs is 1. The van der Waals surface area contributed by atoms with Crippen LogP contribution in [0, 0.1) is 5.41 Å². The molecule has 3 aromatic rings. The fourth-order valence-electron chi connectivity index (χ4n) is 5.14. The Hall–Kier alpha value is -3.65. The largest absolute Gasteiger partial charge is 0.348 e. The molecule has 8 nitrogen and oxygen atoms in total. The molecule has 1 saturated heterocycles. The zero-order valence-electron chi connectivity index (χ0n) is 22.3. The molecule has 0 spiro atoms. The lowest BCUT2D eigenvalue weighted by atomic mass is 9.84. The van der Waals surface area contributed by atoms with Crippen LogP contribution in [0.5, 0.6) is 0 Å². The van der Waals surface area contributed by atoms with Gasteiger partial charge in [0, 0.05) is 66.4 Å². The highest BCUT2D eigenvalue weighted by Gasteiger charge is 2.38. The first-order valence-electron chi connectivity index (χ1n) is 12.9. The van der Waals surface area contributed by atoms with Gasteiger partial charge in [-0.1, -0.05) is 44.5 Å². The fraction of sp³-hybridized carbons (Fsp3) is 0.379. The van der Waals surface area contributed by atoms with Gasteiger partial charge in [-0.05, 0) is 41.7 Å². The summed E-state index contributed by atoms with van der Waals surface area (Å²) in [5.74, 6) is 0.580. The van der Waals surface area contributed by atoms with Crippen LogP contribution in [-0.2, 0) is 29.6 Å². The van der Waals surface area contributed by atoms with Crippen molar-refractivity contribution in [1.82, 2.24) is 25.0 Å². The summed E-state index contributed by atoms with van der Waals surface area (Å²) >= 11 is 5.99. The van der Waals surface area contributed by atoms with Crippen molar-refractivity contribution < 1.29 is 9.59 Å². The number of carbonyl (C=O) groups is 2. The van der Waals surface area contributed by atoms with Gasteiger partial charge in [0.15, 0.2) is 0 Å². The van der Waals surface area contributed by atoms with Gasteiger partial charge in [-0.25, -0.2) is 4.98 Å². The molecule has 0 saturated carbocycles. The molecule has 0 aliphatic carbocycles. The Labute approximate surface area is 228 Å². The van der Waals surface area contributed by atoms with Crippen LogP contribution in [0.15, 0.2) is 48.3 Å². The van der Waals surface area contributed by atoms with Gasteiger partial charge in [0.25, 0.3) is 0 Å². The maximum absolute atomic E-state index is 13.3. The molecule has 9 heteroatoms. The standard InChI is InChI=1S/C29H33ClN6O2/c1-5-25-24(15-34(4)33-25)21-10-20-11-22(28(38)32-12-19-6-8-23(30)9-7-19)14-35(27(20)31-13-21)16-26(37)36-17-29(2,3)18-36/h6-11,13,15H,5,12,14,16-18H2,1-4H3,(H,32,38). The van der Waals surface area contributed by atoms with Gasteiger partial charge in [-0.3, -0.25) is 14.3 Å². The maximum Gasteiger partial charge on any atom is 0.249 e. The summed E-state index contributed by atoms with van der Waals surface area (Å²) in [7, 11) is 1.90. The average molecular weight is 533 g/mol. The van der Waals surface area contributed by atoms with E-state index >= 15 is 0 Å². The molecule has 2 aliphatic rings. The van der Waals surface area contributed by atoms with Crippen molar-refractivity contribution in [1.29, 1.82) is 0 Å². The van der Waals surface area contributed by atoms with Crippen LogP contribution in [0.1, 0.15) is 37.6 Å². The zero-order chi connectivity index (χ0) is 27.0. The first kappa shape index (κ1) is 26.0. The van der Waals surface area contributed by atoms with Crippen molar-refractivity contribution >= 4 is 35.3 Å². The number of amides is 2. The SMILES string of the molecule is CCc1nn(C)cc1-c1cnc2c(c1)C=C(C(=O)NCc1ccc(Cl)cc1)CN2CC(=O)N1CC(C)(C)C1. The molecule has 0 bridgehead atoms. The number of likely N-dealkylation sites (tertiary alicyclic amines) is 1. The number of rotatable bonds is 7. The predicted octanol–water partition coefficient (Wildman–Crippen LogP) is 4.09. The van der Waals surface area contributed by atoms with Gasteiger partial charge in [-0.2, -0.15) is 5.10 Å². The van der Waals surface area contributed by atoms with Gasteiger partial charge in [0.1, 0.15) is 5.82 Å². The average Bonchev–Trinajstić information content (AvgIpc) is 3.26. The van der Waals surface area contributed by atoms with E-state index in [1.807, 2.05) is 53.5 Å². The summed E-state index contributed by atoms with van der Waals surface area (Å²) < 4.78 is 1.80. The van der Waals surface area contributed by atoms with Crippen molar-refractivity contribution in [2.75, 3.05) is 31.1 Å². The highest BCUT2D eigenvalue weighted by Crippen LogP contribution is 2.33. The lowest BCUT2D eigenvalue weighted by Gasteiger charge is -2.46. The highest BCUT2D eigenvalue weighted by atomic mass is 35.5. The predicted molar refractivity (Wildman–Crippen MR) is 150 cm³/mol. The monoisotopic (exact) mass is 532 g/mol. The molecule has 0 atom stereocenters. The number of halogens is 1. The first-order valence-corrected chi connectivity index (χ1v) is 13.3. The minimum atomic E-state index is -0.172. The van der Waals surface area contributed by atoms with Crippen LogP contribution >= 0.6 is 11.6 Å². The molecule has 1 aromatic carbocycles. The Morgan fingerprint density at radius 2 is 1.89 bits per heavy atom. The van der Waals surface area contributed by atoms with E-state index in [0.717, 1.165) is 47.5 Å². The van der Waals surface area contributed by atoms with E-state index in [9.17, 15) is 9.59 Å². The van der Waals surface area contributed by atoms with Gasteiger partial charge < -0.3 is 15.1 Å². The van der Waals surface area contributed by atoms with E-state index < -0.39 is 0 Å². The maximum atomic E-state index is 13.3. The Bertz CT molecular complexity index is 1400. The third kappa shape index (κ3) is 5.45. The lowest BCUT2D eigenvalue weighted by molar-refractivity contribution is -0.139. The van der Waals surface area contributed by atoms with E-state index in [1.165, 1.54) is 0 Å². The van der Waals surface area contributed by atoms with Crippen LogP contribution in [0.4, 0.5) is 5.82 Å². The minimum absolute atomic E-state index is 0.0458. The molecule has 1 fully saturated rings. The van der Waals surface area contributed by atoms with Gasteiger partial charge in [-0.15, -0.1) is 0 Å². The molecular weight excluding hydrogens is 500 g/mol. The Kier molecular flexibility index (Phi) is 7.01. The van der Waals surface area contributed by atoms with Crippen LogP contribution in [0.3, 0.4) is 0 Å². The van der Waals surface area contributed by atoms with Gasteiger partial charge in [0.05, 0.1) is 18.8 Å². The van der Waals surface area contributed by atoms with E-state index in [2.05, 4.69) is 31.2 Å². The van der Waals surface area contributed by atoms with E-state index in [4.69, 9.17) is 16.6 Å². The molecule has 2 aromatic heterocycles. The zero-order valence-corrected chi connectivity index (χ0v) is 23.0.